The first kappa shape index (κ1) is 25.5. The van der Waals surface area contributed by atoms with E-state index in [-0.39, 0.29) is 29.9 Å². The predicted octanol–water partition coefficient (Wildman–Crippen LogP) is 1.53. The van der Waals surface area contributed by atoms with Crippen LogP contribution in [-0.4, -0.2) is 83.0 Å². The zero-order valence-corrected chi connectivity index (χ0v) is 20.4. The van der Waals surface area contributed by atoms with Gasteiger partial charge in [0, 0.05) is 32.9 Å². The number of morpholine rings is 1. The number of nitrogens with one attached hydrogen (secondary N) is 2. The van der Waals surface area contributed by atoms with Crippen LogP contribution in [0.2, 0.25) is 0 Å². The molecule has 0 saturated carbocycles. The van der Waals surface area contributed by atoms with Gasteiger partial charge in [0.2, 0.25) is 15.9 Å². The fraction of sp³-hybridized carbons (Fsp3) is 0.391. The van der Waals surface area contributed by atoms with Crippen LogP contribution in [0, 0.1) is 6.92 Å². The lowest BCUT2D eigenvalue weighted by atomic mass is 10.2. The predicted molar refractivity (Wildman–Crippen MR) is 129 cm³/mol. The number of rotatable bonds is 9. The maximum Gasteiger partial charge on any atom is 0.259 e. The Morgan fingerprint density at radius 2 is 1.85 bits per heavy atom. The number of benzene rings is 2. The lowest BCUT2D eigenvalue weighted by molar-refractivity contribution is -0.130. The number of hydrogen-bond acceptors (Lipinski definition) is 7. The quantitative estimate of drug-likeness (QED) is 0.547. The second-order valence-electron chi connectivity index (χ2n) is 8.02. The summed E-state index contributed by atoms with van der Waals surface area (Å²) in [4.78, 5) is 25.9. The van der Waals surface area contributed by atoms with Gasteiger partial charge in [0.15, 0.2) is 6.61 Å². The standard InChI is InChI=1S/C23H30N4O6S/c1-17-7-8-20(21(13-17)33-16-23(29)26(2)3)24-15-22(28)25-18-5-4-6-19(14-18)34(30,31)27-9-11-32-12-10-27/h4-8,13-14,24H,9-12,15-16H2,1-3H3,(H,25,28). The van der Waals surface area contributed by atoms with Crippen molar-refractivity contribution in [3.63, 3.8) is 0 Å². The Morgan fingerprint density at radius 1 is 1.12 bits per heavy atom. The van der Waals surface area contributed by atoms with Gasteiger partial charge < -0.3 is 25.0 Å². The van der Waals surface area contributed by atoms with E-state index in [2.05, 4.69) is 10.6 Å². The van der Waals surface area contributed by atoms with Crippen molar-refractivity contribution in [1.82, 2.24) is 9.21 Å². The zero-order valence-electron chi connectivity index (χ0n) is 19.5. The molecular weight excluding hydrogens is 460 g/mol. The van der Waals surface area contributed by atoms with Gasteiger partial charge in [-0.05, 0) is 42.8 Å². The van der Waals surface area contributed by atoms with Gasteiger partial charge in [0.25, 0.3) is 5.91 Å². The average Bonchev–Trinajstić information content (AvgIpc) is 2.82. The zero-order chi connectivity index (χ0) is 24.7. The molecule has 1 aliphatic rings. The average molecular weight is 491 g/mol. The fourth-order valence-electron chi connectivity index (χ4n) is 3.21. The number of likely N-dealkylation sites (N-methyl/N-ethyl adjacent to an activating group) is 1. The van der Waals surface area contributed by atoms with E-state index in [0.29, 0.717) is 43.4 Å². The summed E-state index contributed by atoms with van der Waals surface area (Å²) in [5.74, 6) is -0.0875. The fourth-order valence-corrected chi connectivity index (χ4v) is 4.67. The van der Waals surface area contributed by atoms with Crippen molar-refractivity contribution in [3.05, 3.63) is 48.0 Å². The van der Waals surface area contributed by atoms with E-state index in [0.717, 1.165) is 5.56 Å². The minimum absolute atomic E-state index is 0.0819. The summed E-state index contributed by atoms with van der Waals surface area (Å²) < 4.78 is 37.9. The van der Waals surface area contributed by atoms with Crippen LogP contribution in [0.3, 0.4) is 0 Å². The normalized spacial score (nSPS) is 14.3. The van der Waals surface area contributed by atoms with Gasteiger partial charge in [-0.3, -0.25) is 9.59 Å². The molecule has 2 amide bonds. The monoisotopic (exact) mass is 490 g/mol. The number of nitrogens with zero attached hydrogens (tertiary/aromatic N) is 2. The van der Waals surface area contributed by atoms with Crippen molar-refractivity contribution >= 4 is 33.2 Å². The lowest BCUT2D eigenvalue weighted by Gasteiger charge is -2.26. The Labute approximate surface area is 199 Å². The third-order valence-corrected chi connectivity index (χ3v) is 7.05. The lowest BCUT2D eigenvalue weighted by Crippen LogP contribution is -2.40. The van der Waals surface area contributed by atoms with Crippen molar-refractivity contribution in [2.45, 2.75) is 11.8 Å². The first-order valence-electron chi connectivity index (χ1n) is 10.8. The highest BCUT2D eigenvalue weighted by molar-refractivity contribution is 7.89. The maximum atomic E-state index is 12.9. The Balaban J connectivity index is 1.62. The molecule has 184 valence electrons. The summed E-state index contributed by atoms with van der Waals surface area (Å²) in [6.07, 6.45) is 0. The van der Waals surface area contributed by atoms with Gasteiger partial charge in [0.05, 0.1) is 30.3 Å². The van der Waals surface area contributed by atoms with E-state index in [9.17, 15) is 18.0 Å². The molecule has 0 aliphatic carbocycles. The van der Waals surface area contributed by atoms with Crippen LogP contribution in [-0.2, 0) is 24.3 Å². The molecule has 0 bridgehead atoms. The summed E-state index contributed by atoms with van der Waals surface area (Å²) >= 11 is 0. The van der Waals surface area contributed by atoms with E-state index in [4.69, 9.17) is 9.47 Å². The minimum Gasteiger partial charge on any atom is -0.482 e. The van der Waals surface area contributed by atoms with Crippen LogP contribution < -0.4 is 15.4 Å². The summed E-state index contributed by atoms with van der Waals surface area (Å²) in [6.45, 7) is 3.00. The summed E-state index contributed by atoms with van der Waals surface area (Å²) in [5.41, 5.74) is 1.88. The molecule has 1 heterocycles. The van der Waals surface area contributed by atoms with E-state index < -0.39 is 10.0 Å². The van der Waals surface area contributed by atoms with Crippen LogP contribution >= 0.6 is 0 Å². The van der Waals surface area contributed by atoms with Gasteiger partial charge >= 0.3 is 0 Å². The smallest absolute Gasteiger partial charge is 0.259 e. The number of amides is 2. The molecule has 1 saturated heterocycles. The van der Waals surface area contributed by atoms with Gasteiger partial charge in [-0.25, -0.2) is 8.42 Å². The highest BCUT2D eigenvalue weighted by Crippen LogP contribution is 2.26. The number of hydrogen-bond donors (Lipinski definition) is 2. The van der Waals surface area contributed by atoms with Gasteiger partial charge in [-0.1, -0.05) is 12.1 Å². The number of sulfonamides is 1. The molecule has 10 nitrogen and oxygen atoms in total. The Bertz CT molecular complexity index is 1130. The van der Waals surface area contributed by atoms with Crippen molar-refractivity contribution in [1.29, 1.82) is 0 Å². The second kappa shape index (κ2) is 11.3. The van der Waals surface area contributed by atoms with E-state index in [1.165, 1.54) is 21.3 Å². The van der Waals surface area contributed by atoms with Gasteiger partial charge in [0.1, 0.15) is 5.75 Å². The Hall–Kier alpha value is -3.15. The highest BCUT2D eigenvalue weighted by Gasteiger charge is 2.26. The minimum atomic E-state index is -3.67. The molecule has 2 N–H and O–H groups in total. The summed E-state index contributed by atoms with van der Waals surface area (Å²) in [6, 6.07) is 11.6. The molecule has 0 aromatic heterocycles. The maximum absolute atomic E-state index is 12.9. The van der Waals surface area contributed by atoms with Crippen LogP contribution in [0.1, 0.15) is 5.56 Å². The number of carbonyl (C=O) groups is 2. The number of aryl methyl sites for hydroxylation is 1. The molecule has 2 aromatic rings. The van der Waals surface area contributed by atoms with Crippen molar-refractivity contribution in [2.24, 2.45) is 0 Å². The molecule has 34 heavy (non-hydrogen) atoms. The van der Waals surface area contributed by atoms with E-state index in [1.807, 2.05) is 13.0 Å². The van der Waals surface area contributed by atoms with E-state index in [1.54, 1.807) is 38.4 Å². The van der Waals surface area contributed by atoms with Gasteiger partial charge in [-0.15, -0.1) is 0 Å². The Morgan fingerprint density at radius 3 is 2.56 bits per heavy atom. The van der Waals surface area contributed by atoms with Crippen LogP contribution in [0.4, 0.5) is 11.4 Å². The van der Waals surface area contributed by atoms with Crippen molar-refractivity contribution in [2.75, 3.05) is 64.2 Å². The van der Waals surface area contributed by atoms with Crippen molar-refractivity contribution < 1.29 is 27.5 Å². The van der Waals surface area contributed by atoms with Crippen LogP contribution in [0.5, 0.6) is 5.75 Å². The number of anilines is 2. The molecule has 3 rings (SSSR count). The second-order valence-corrected chi connectivity index (χ2v) is 9.96. The molecule has 1 aliphatic heterocycles. The molecule has 2 aromatic carbocycles. The highest BCUT2D eigenvalue weighted by atomic mass is 32.2. The van der Waals surface area contributed by atoms with Gasteiger partial charge in [-0.2, -0.15) is 4.31 Å². The SMILES string of the molecule is Cc1ccc(NCC(=O)Nc2cccc(S(=O)(=O)N3CCOCC3)c2)c(OCC(=O)N(C)C)c1. The van der Waals surface area contributed by atoms with Crippen molar-refractivity contribution in [3.8, 4) is 5.75 Å². The molecule has 0 unspecified atom stereocenters. The molecule has 0 radical (unpaired) electrons. The molecular formula is C23H30N4O6S. The Kier molecular flexibility index (Phi) is 8.48. The topological polar surface area (TPSA) is 117 Å². The number of ether oxygens (including phenoxy) is 2. The van der Waals surface area contributed by atoms with E-state index >= 15 is 0 Å². The van der Waals surface area contributed by atoms with Crippen LogP contribution in [0.15, 0.2) is 47.4 Å². The largest absolute Gasteiger partial charge is 0.482 e. The molecule has 0 atom stereocenters. The first-order chi connectivity index (χ1) is 16.2. The number of carbonyl (C=O) groups excluding carboxylic acids is 2. The molecule has 0 spiro atoms. The summed E-state index contributed by atoms with van der Waals surface area (Å²) in [7, 11) is -0.375. The first-order valence-corrected chi connectivity index (χ1v) is 12.3. The summed E-state index contributed by atoms with van der Waals surface area (Å²) in [5, 5.41) is 5.72. The third kappa shape index (κ3) is 6.69. The van der Waals surface area contributed by atoms with Crippen LogP contribution in [0.25, 0.3) is 0 Å². The molecule has 1 fully saturated rings. The third-order valence-electron chi connectivity index (χ3n) is 5.15. The molecule has 11 heteroatoms.